The maximum absolute atomic E-state index is 13.0. The Hall–Kier alpha value is -3.80. The Morgan fingerprint density at radius 2 is 1.67 bits per heavy atom. The van der Waals surface area contributed by atoms with E-state index in [1.807, 2.05) is 48.5 Å². The van der Waals surface area contributed by atoms with Gasteiger partial charge in [0.1, 0.15) is 12.4 Å². The number of fused-ring (bicyclic) bond motifs is 1. The van der Waals surface area contributed by atoms with E-state index in [1.165, 1.54) is 17.0 Å². The van der Waals surface area contributed by atoms with E-state index in [2.05, 4.69) is 5.32 Å². The van der Waals surface area contributed by atoms with Gasteiger partial charge in [-0.2, -0.15) is 0 Å². The number of carbonyl (C=O) groups excluding carboxylic acids is 2. The number of carbonyl (C=O) groups is 2. The van der Waals surface area contributed by atoms with Gasteiger partial charge in [0, 0.05) is 6.54 Å². The van der Waals surface area contributed by atoms with E-state index >= 15 is 0 Å². The van der Waals surface area contributed by atoms with Crippen LogP contribution in [0.3, 0.4) is 0 Å². The fourth-order valence-corrected chi connectivity index (χ4v) is 3.32. The Kier molecular flexibility index (Phi) is 5.66. The lowest BCUT2D eigenvalue weighted by molar-refractivity contribution is -0.123. The molecule has 0 atom stereocenters. The summed E-state index contributed by atoms with van der Waals surface area (Å²) in [6, 6.07) is 22.8. The number of aliphatic imine (C=N–C) groups is 1. The molecular weight excluding hydrogens is 381 g/mol. The fourth-order valence-electron chi connectivity index (χ4n) is 3.32. The molecule has 0 radical (unpaired) electrons. The van der Waals surface area contributed by atoms with Crippen LogP contribution >= 0.6 is 0 Å². The number of rotatable bonds is 5. The smallest absolute Gasteiger partial charge is 0.240 e. The quantitative estimate of drug-likeness (QED) is 0.703. The van der Waals surface area contributed by atoms with Crippen molar-refractivity contribution in [1.82, 2.24) is 5.32 Å². The van der Waals surface area contributed by atoms with Crippen molar-refractivity contribution in [2.45, 2.75) is 13.0 Å². The van der Waals surface area contributed by atoms with Gasteiger partial charge in [-0.3, -0.25) is 14.6 Å². The number of para-hydroxylation sites is 2. The van der Waals surface area contributed by atoms with Crippen LogP contribution in [0.25, 0.3) is 0 Å². The first-order valence-electron chi connectivity index (χ1n) is 9.64. The number of hydrogen-bond donors (Lipinski definition) is 1. The zero-order valence-electron chi connectivity index (χ0n) is 16.2. The Bertz CT molecular complexity index is 1090. The van der Waals surface area contributed by atoms with Gasteiger partial charge in [0.2, 0.25) is 11.8 Å². The number of benzene rings is 3. The standard InChI is InChI=1S/C24H20FN3O2/c25-19-12-10-17(11-13-19)15-26-23(29)16-28-22-9-5-4-8-20(22)27-21(14-24(28)30)18-6-2-1-3-7-18/h1-13H,14-16H2,(H,26,29). The van der Waals surface area contributed by atoms with Gasteiger partial charge in [-0.1, -0.05) is 54.6 Å². The highest BCUT2D eigenvalue weighted by molar-refractivity contribution is 6.18. The van der Waals surface area contributed by atoms with Gasteiger partial charge in [-0.15, -0.1) is 0 Å². The molecule has 1 N–H and O–H groups in total. The Morgan fingerprint density at radius 3 is 2.43 bits per heavy atom. The molecule has 150 valence electrons. The van der Waals surface area contributed by atoms with Crippen LogP contribution in [0.1, 0.15) is 17.5 Å². The molecule has 0 fully saturated rings. The van der Waals surface area contributed by atoms with E-state index in [0.717, 1.165) is 11.1 Å². The molecule has 0 saturated carbocycles. The molecule has 0 unspecified atom stereocenters. The highest BCUT2D eigenvalue weighted by Crippen LogP contribution is 2.32. The van der Waals surface area contributed by atoms with Crippen LogP contribution in [0.2, 0.25) is 0 Å². The third-order valence-electron chi connectivity index (χ3n) is 4.86. The van der Waals surface area contributed by atoms with Crippen molar-refractivity contribution in [1.29, 1.82) is 0 Å². The molecule has 6 heteroatoms. The predicted octanol–water partition coefficient (Wildman–Crippen LogP) is 4.00. The molecule has 0 spiro atoms. The van der Waals surface area contributed by atoms with Gasteiger partial charge >= 0.3 is 0 Å². The van der Waals surface area contributed by atoms with E-state index in [0.29, 0.717) is 17.1 Å². The number of amides is 2. The second-order valence-corrected chi connectivity index (χ2v) is 6.97. The largest absolute Gasteiger partial charge is 0.350 e. The normalized spacial score (nSPS) is 13.3. The summed E-state index contributed by atoms with van der Waals surface area (Å²) < 4.78 is 13.0. The fraction of sp³-hybridized carbons (Fsp3) is 0.125. The molecule has 0 saturated heterocycles. The highest BCUT2D eigenvalue weighted by atomic mass is 19.1. The molecule has 3 aromatic rings. The van der Waals surface area contributed by atoms with Crippen LogP contribution in [0.5, 0.6) is 0 Å². The van der Waals surface area contributed by atoms with E-state index in [4.69, 9.17) is 4.99 Å². The van der Waals surface area contributed by atoms with Gasteiger partial charge in [0.15, 0.2) is 0 Å². The summed E-state index contributed by atoms with van der Waals surface area (Å²) in [4.78, 5) is 31.8. The van der Waals surface area contributed by atoms with Crippen molar-refractivity contribution in [3.05, 3.63) is 95.8 Å². The molecule has 4 rings (SSSR count). The molecule has 0 aromatic heterocycles. The van der Waals surface area contributed by atoms with Crippen LogP contribution in [0.15, 0.2) is 83.9 Å². The first kappa shape index (κ1) is 19.5. The Labute approximate surface area is 173 Å². The number of hydrogen-bond acceptors (Lipinski definition) is 3. The number of halogens is 1. The van der Waals surface area contributed by atoms with Gasteiger partial charge < -0.3 is 10.2 Å². The van der Waals surface area contributed by atoms with Crippen LogP contribution < -0.4 is 10.2 Å². The van der Waals surface area contributed by atoms with Gasteiger partial charge in [-0.25, -0.2) is 4.39 Å². The molecule has 5 nitrogen and oxygen atoms in total. The SMILES string of the molecule is O=C(CN1C(=O)CC(c2ccccc2)=Nc2ccccc21)NCc1ccc(F)cc1. The van der Waals surface area contributed by atoms with Gasteiger partial charge in [0.05, 0.1) is 23.5 Å². The Balaban J connectivity index is 1.52. The number of nitrogens with one attached hydrogen (secondary N) is 1. The summed E-state index contributed by atoms with van der Waals surface area (Å²) in [5.74, 6) is -0.823. The van der Waals surface area contributed by atoms with Crippen LogP contribution in [0, 0.1) is 5.82 Å². The van der Waals surface area contributed by atoms with Crippen molar-refractivity contribution in [2.75, 3.05) is 11.4 Å². The highest BCUT2D eigenvalue weighted by Gasteiger charge is 2.26. The summed E-state index contributed by atoms with van der Waals surface area (Å²) in [5, 5.41) is 2.79. The lowest BCUT2D eigenvalue weighted by Gasteiger charge is -2.22. The first-order chi connectivity index (χ1) is 14.6. The molecular formula is C24H20FN3O2. The molecule has 1 aliphatic rings. The molecule has 30 heavy (non-hydrogen) atoms. The van der Waals surface area contributed by atoms with E-state index in [-0.39, 0.29) is 37.1 Å². The lowest BCUT2D eigenvalue weighted by atomic mass is 10.1. The zero-order chi connectivity index (χ0) is 20.9. The topological polar surface area (TPSA) is 61.8 Å². The van der Waals surface area contributed by atoms with Crippen LogP contribution in [-0.4, -0.2) is 24.1 Å². The maximum atomic E-state index is 13.0. The van der Waals surface area contributed by atoms with Gasteiger partial charge in [-0.05, 0) is 35.4 Å². The van der Waals surface area contributed by atoms with Crippen molar-refractivity contribution < 1.29 is 14.0 Å². The summed E-state index contributed by atoms with van der Waals surface area (Å²) in [5.41, 5.74) is 3.58. The lowest BCUT2D eigenvalue weighted by Crippen LogP contribution is -2.41. The van der Waals surface area contributed by atoms with Crippen LogP contribution in [-0.2, 0) is 16.1 Å². The maximum Gasteiger partial charge on any atom is 0.240 e. The summed E-state index contributed by atoms with van der Waals surface area (Å²) >= 11 is 0. The van der Waals surface area contributed by atoms with Gasteiger partial charge in [0.25, 0.3) is 0 Å². The first-order valence-corrected chi connectivity index (χ1v) is 9.64. The second-order valence-electron chi connectivity index (χ2n) is 6.97. The average molecular weight is 401 g/mol. The summed E-state index contributed by atoms with van der Waals surface area (Å²) in [7, 11) is 0. The third kappa shape index (κ3) is 4.43. The summed E-state index contributed by atoms with van der Waals surface area (Å²) in [6.45, 7) is 0.142. The molecule has 2 amide bonds. The zero-order valence-corrected chi connectivity index (χ0v) is 16.2. The number of nitrogens with zero attached hydrogens (tertiary/aromatic N) is 2. The number of anilines is 1. The summed E-state index contributed by atoms with van der Waals surface area (Å²) in [6.07, 6.45) is 0.101. The molecule has 3 aromatic carbocycles. The van der Waals surface area contributed by atoms with Crippen molar-refractivity contribution >= 4 is 28.9 Å². The van der Waals surface area contributed by atoms with Crippen LogP contribution in [0.4, 0.5) is 15.8 Å². The molecule has 1 heterocycles. The molecule has 1 aliphatic heterocycles. The minimum atomic E-state index is -0.328. The van der Waals surface area contributed by atoms with Crippen molar-refractivity contribution in [2.24, 2.45) is 4.99 Å². The van der Waals surface area contributed by atoms with Crippen molar-refractivity contribution in [3.8, 4) is 0 Å². The monoisotopic (exact) mass is 401 g/mol. The second kappa shape index (κ2) is 8.69. The van der Waals surface area contributed by atoms with Crippen molar-refractivity contribution in [3.63, 3.8) is 0 Å². The Morgan fingerprint density at radius 1 is 0.967 bits per heavy atom. The average Bonchev–Trinajstić information content (AvgIpc) is 2.91. The van der Waals surface area contributed by atoms with E-state index < -0.39 is 0 Å². The minimum absolute atomic E-state index is 0.101. The minimum Gasteiger partial charge on any atom is -0.350 e. The van der Waals surface area contributed by atoms with E-state index in [1.54, 1.807) is 18.2 Å². The predicted molar refractivity (Wildman–Crippen MR) is 114 cm³/mol. The van der Waals surface area contributed by atoms with E-state index in [9.17, 15) is 14.0 Å². The molecule has 0 aliphatic carbocycles. The molecule has 0 bridgehead atoms. The third-order valence-corrected chi connectivity index (χ3v) is 4.86.